The Bertz CT molecular complexity index is 1040. The summed E-state index contributed by atoms with van der Waals surface area (Å²) in [7, 11) is 6.31. The first-order valence-corrected chi connectivity index (χ1v) is 11.1. The predicted molar refractivity (Wildman–Crippen MR) is 123 cm³/mol. The average molecular weight is 445 g/mol. The number of benzene rings is 1. The van der Waals surface area contributed by atoms with E-state index in [-0.39, 0.29) is 17.5 Å². The fourth-order valence-electron chi connectivity index (χ4n) is 3.95. The minimum Gasteiger partial charge on any atom is -0.493 e. The molecule has 0 radical (unpaired) electrons. The van der Waals surface area contributed by atoms with Crippen LogP contribution in [0.25, 0.3) is 11.1 Å². The fraction of sp³-hybridized carbons (Fsp3) is 0.391. The van der Waals surface area contributed by atoms with Crippen molar-refractivity contribution in [3.05, 3.63) is 45.6 Å². The number of carbonyl (C=O) groups excluding carboxylic acids is 1. The number of fused-ring (bicyclic) bond motifs is 3. The highest BCUT2D eigenvalue weighted by Gasteiger charge is 2.29. The van der Waals surface area contributed by atoms with Crippen molar-refractivity contribution in [2.45, 2.75) is 30.7 Å². The van der Waals surface area contributed by atoms with Crippen LogP contribution in [0.5, 0.6) is 17.2 Å². The van der Waals surface area contributed by atoms with E-state index in [9.17, 15) is 9.59 Å². The van der Waals surface area contributed by atoms with E-state index >= 15 is 0 Å². The second-order valence-corrected chi connectivity index (χ2v) is 8.31. The van der Waals surface area contributed by atoms with Gasteiger partial charge >= 0.3 is 6.03 Å². The van der Waals surface area contributed by atoms with E-state index in [1.54, 1.807) is 34.4 Å². The molecular formula is C23H28N2O5S. The average Bonchev–Trinajstić information content (AvgIpc) is 3.02. The Morgan fingerprint density at radius 1 is 1.13 bits per heavy atom. The van der Waals surface area contributed by atoms with Gasteiger partial charge in [-0.25, -0.2) is 4.79 Å². The van der Waals surface area contributed by atoms with Crippen LogP contribution in [0, 0.1) is 0 Å². The molecule has 1 aliphatic carbocycles. The number of amides is 2. The minimum atomic E-state index is -0.344. The molecule has 166 valence electrons. The summed E-state index contributed by atoms with van der Waals surface area (Å²) in [6, 6.07) is 6.72. The first-order valence-electron chi connectivity index (χ1n) is 10.1. The van der Waals surface area contributed by atoms with E-state index in [0.717, 1.165) is 28.0 Å². The van der Waals surface area contributed by atoms with Crippen LogP contribution in [-0.2, 0) is 6.42 Å². The molecule has 0 fully saturated rings. The summed E-state index contributed by atoms with van der Waals surface area (Å²) in [4.78, 5) is 25.8. The largest absolute Gasteiger partial charge is 0.493 e. The lowest BCUT2D eigenvalue weighted by Gasteiger charge is -2.19. The van der Waals surface area contributed by atoms with Crippen molar-refractivity contribution in [1.29, 1.82) is 0 Å². The molecule has 2 aromatic rings. The highest BCUT2D eigenvalue weighted by molar-refractivity contribution is 7.99. The number of aryl methyl sites for hydroxylation is 1. The maximum absolute atomic E-state index is 13.0. The van der Waals surface area contributed by atoms with Crippen LogP contribution in [0.4, 0.5) is 4.79 Å². The third kappa shape index (κ3) is 4.44. The zero-order chi connectivity index (χ0) is 22.5. The minimum absolute atomic E-state index is 0.0697. The molecule has 0 saturated heterocycles. The first kappa shape index (κ1) is 22.8. The number of urea groups is 1. The second kappa shape index (κ2) is 9.96. The van der Waals surface area contributed by atoms with Crippen LogP contribution in [0.2, 0.25) is 0 Å². The number of rotatable bonds is 6. The Hall–Kier alpha value is -2.87. The van der Waals surface area contributed by atoms with Gasteiger partial charge in [0.25, 0.3) is 0 Å². The van der Waals surface area contributed by atoms with Crippen molar-refractivity contribution < 1.29 is 19.0 Å². The number of ether oxygens (including phenoxy) is 3. The lowest BCUT2D eigenvalue weighted by Crippen LogP contribution is -2.36. The quantitative estimate of drug-likeness (QED) is 0.660. The molecule has 1 atom stereocenters. The van der Waals surface area contributed by atoms with E-state index in [1.807, 2.05) is 25.1 Å². The molecule has 2 N–H and O–H groups in total. The lowest BCUT2D eigenvalue weighted by atomic mass is 9.95. The third-order valence-electron chi connectivity index (χ3n) is 5.33. The summed E-state index contributed by atoms with van der Waals surface area (Å²) in [5.74, 6) is 2.39. The van der Waals surface area contributed by atoms with Crippen LogP contribution >= 0.6 is 11.8 Å². The van der Waals surface area contributed by atoms with Gasteiger partial charge in [0.1, 0.15) is 0 Å². The molecule has 1 aliphatic rings. The Morgan fingerprint density at radius 3 is 2.48 bits per heavy atom. The molecule has 31 heavy (non-hydrogen) atoms. The van der Waals surface area contributed by atoms with E-state index in [0.29, 0.717) is 35.0 Å². The summed E-state index contributed by atoms with van der Waals surface area (Å²) in [6.45, 7) is 2.01. The zero-order valence-corrected chi connectivity index (χ0v) is 19.3. The number of hydrogen-bond donors (Lipinski definition) is 2. The molecule has 7 nitrogen and oxygen atoms in total. The maximum Gasteiger partial charge on any atom is 0.315 e. The topological polar surface area (TPSA) is 85.9 Å². The van der Waals surface area contributed by atoms with Crippen LogP contribution in [0.15, 0.2) is 34.0 Å². The molecule has 0 saturated carbocycles. The second-order valence-electron chi connectivity index (χ2n) is 7.00. The number of thioether (sulfide) groups is 1. The number of methoxy groups -OCH3 is 3. The Kier molecular flexibility index (Phi) is 7.33. The monoisotopic (exact) mass is 444 g/mol. The van der Waals surface area contributed by atoms with Gasteiger partial charge in [0, 0.05) is 12.6 Å². The molecule has 0 aliphatic heterocycles. The lowest BCUT2D eigenvalue weighted by molar-refractivity contribution is 0.238. The molecule has 0 spiro atoms. The van der Waals surface area contributed by atoms with Crippen LogP contribution in [0.1, 0.15) is 30.5 Å². The molecule has 3 rings (SSSR count). The molecule has 2 amide bonds. The van der Waals surface area contributed by atoms with Crippen LogP contribution in [0.3, 0.4) is 0 Å². The molecule has 0 heterocycles. The SMILES string of the molecule is CCSc1ccc2c(cc1=O)C(NC(=O)NC)CCc1cc(OC)c(OC)c(OC)c1-2. The van der Waals surface area contributed by atoms with Gasteiger partial charge in [-0.1, -0.05) is 13.0 Å². The molecular weight excluding hydrogens is 416 g/mol. The summed E-state index contributed by atoms with van der Waals surface area (Å²) >= 11 is 1.50. The van der Waals surface area contributed by atoms with Crippen molar-refractivity contribution >= 4 is 17.8 Å². The van der Waals surface area contributed by atoms with Crippen molar-refractivity contribution in [1.82, 2.24) is 10.6 Å². The van der Waals surface area contributed by atoms with Gasteiger partial charge < -0.3 is 24.8 Å². The Labute approximate surface area is 186 Å². The van der Waals surface area contributed by atoms with Gasteiger partial charge in [-0.3, -0.25) is 4.79 Å². The standard InChI is InChI=1S/C23H28N2O5S/c1-6-31-19-10-8-14-15(12-17(19)26)16(25-23(27)24-2)9-7-13-11-18(28-3)21(29-4)22(30-5)20(13)14/h8,10-12,16H,6-7,9H2,1-5H3,(H2,24,25,27). The summed E-state index contributed by atoms with van der Waals surface area (Å²) in [5.41, 5.74) is 3.35. The molecule has 1 unspecified atom stereocenters. The highest BCUT2D eigenvalue weighted by atomic mass is 32.2. The normalized spacial score (nSPS) is 14.5. The first-order chi connectivity index (χ1) is 15.0. The van der Waals surface area contributed by atoms with Crippen LogP contribution < -0.4 is 30.3 Å². The van der Waals surface area contributed by atoms with E-state index < -0.39 is 0 Å². The molecule has 8 heteroatoms. The highest BCUT2D eigenvalue weighted by Crippen LogP contribution is 2.50. The number of hydrogen-bond acceptors (Lipinski definition) is 6. The van der Waals surface area contributed by atoms with Gasteiger partial charge in [-0.05, 0) is 53.5 Å². The van der Waals surface area contributed by atoms with Gasteiger partial charge in [-0.2, -0.15) is 0 Å². The molecule has 0 bridgehead atoms. The molecule has 0 aromatic heterocycles. The van der Waals surface area contributed by atoms with Gasteiger partial charge in [-0.15, -0.1) is 11.8 Å². The summed E-state index contributed by atoms with van der Waals surface area (Å²) in [5, 5.41) is 5.59. The predicted octanol–water partition coefficient (Wildman–Crippen LogP) is 3.77. The van der Waals surface area contributed by atoms with Crippen molar-refractivity contribution in [2.24, 2.45) is 0 Å². The molecule has 2 aromatic carbocycles. The van der Waals surface area contributed by atoms with Gasteiger partial charge in [0.15, 0.2) is 16.9 Å². The van der Waals surface area contributed by atoms with E-state index in [4.69, 9.17) is 14.2 Å². The van der Waals surface area contributed by atoms with Gasteiger partial charge in [0.05, 0.1) is 32.3 Å². The van der Waals surface area contributed by atoms with Crippen LogP contribution in [-0.4, -0.2) is 40.2 Å². The fourth-order valence-corrected chi connectivity index (χ4v) is 4.63. The Morgan fingerprint density at radius 2 is 1.87 bits per heavy atom. The maximum atomic E-state index is 13.0. The number of carbonyl (C=O) groups is 1. The number of nitrogens with one attached hydrogen (secondary N) is 2. The van der Waals surface area contributed by atoms with Crippen molar-refractivity contribution in [3.63, 3.8) is 0 Å². The smallest absolute Gasteiger partial charge is 0.315 e. The van der Waals surface area contributed by atoms with Crippen molar-refractivity contribution in [3.8, 4) is 28.4 Å². The van der Waals surface area contributed by atoms with Crippen molar-refractivity contribution in [2.75, 3.05) is 34.1 Å². The third-order valence-corrected chi connectivity index (χ3v) is 6.27. The van der Waals surface area contributed by atoms with E-state index in [1.165, 1.54) is 11.8 Å². The summed E-state index contributed by atoms with van der Waals surface area (Å²) < 4.78 is 16.9. The summed E-state index contributed by atoms with van der Waals surface area (Å²) in [6.07, 6.45) is 1.27. The van der Waals surface area contributed by atoms with E-state index in [2.05, 4.69) is 10.6 Å². The zero-order valence-electron chi connectivity index (χ0n) is 18.5. The van der Waals surface area contributed by atoms with Gasteiger partial charge in [0.2, 0.25) is 5.75 Å². The Balaban J connectivity index is 2.37.